The van der Waals surface area contributed by atoms with E-state index in [2.05, 4.69) is 50.5 Å². The van der Waals surface area contributed by atoms with Crippen molar-refractivity contribution in [1.82, 2.24) is 15.6 Å². The fourth-order valence-corrected chi connectivity index (χ4v) is 4.84. The molecule has 166 valence electrons. The van der Waals surface area contributed by atoms with Crippen LogP contribution in [0.2, 0.25) is 0 Å². The molecule has 3 aliphatic rings. The predicted molar refractivity (Wildman–Crippen MR) is 121 cm³/mol. The second-order valence-electron chi connectivity index (χ2n) is 10.4. The molecule has 1 aromatic carbocycles. The molecule has 1 amide bonds. The molecule has 0 bridgehead atoms. The average Bonchev–Trinajstić information content (AvgIpc) is 3.36. The zero-order valence-corrected chi connectivity index (χ0v) is 19.0. The van der Waals surface area contributed by atoms with Gasteiger partial charge in [0.15, 0.2) is 5.79 Å². The van der Waals surface area contributed by atoms with Crippen molar-refractivity contribution in [3.63, 3.8) is 0 Å². The van der Waals surface area contributed by atoms with Gasteiger partial charge < -0.3 is 20.1 Å². The highest BCUT2D eigenvalue weighted by molar-refractivity contribution is 5.97. The van der Waals surface area contributed by atoms with Crippen molar-refractivity contribution in [2.75, 3.05) is 26.3 Å². The van der Waals surface area contributed by atoms with Crippen LogP contribution in [-0.2, 0) is 14.9 Å². The SMILES string of the molecule is Cc1cc(C(=O)NCC2CC3(CN2)OCCO3)nc2c(C(C)(C)C)cc(C3CC3)cc12. The summed E-state index contributed by atoms with van der Waals surface area (Å²) in [5.74, 6) is 0.0451. The number of benzene rings is 1. The molecule has 2 saturated heterocycles. The summed E-state index contributed by atoms with van der Waals surface area (Å²) in [6, 6.07) is 6.66. The lowest BCUT2D eigenvalue weighted by molar-refractivity contribution is -0.140. The van der Waals surface area contributed by atoms with Gasteiger partial charge in [0.25, 0.3) is 5.91 Å². The molecule has 2 N–H and O–H groups in total. The number of rotatable bonds is 4. The normalized spacial score (nSPS) is 23.0. The Morgan fingerprint density at radius 2 is 1.97 bits per heavy atom. The van der Waals surface area contributed by atoms with Crippen LogP contribution in [0, 0.1) is 6.92 Å². The summed E-state index contributed by atoms with van der Waals surface area (Å²) in [5, 5.41) is 7.63. The Morgan fingerprint density at radius 3 is 2.65 bits per heavy atom. The quantitative estimate of drug-likeness (QED) is 0.787. The Hall–Kier alpha value is -2.02. The first-order valence-electron chi connectivity index (χ1n) is 11.5. The first-order valence-corrected chi connectivity index (χ1v) is 11.5. The van der Waals surface area contributed by atoms with Gasteiger partial charge in [-0.05, 0) is 59.9 Å². The van der Waals surface area contributed by atoms with Gasteiger partial charge in [0.2, 0.25) is 0 Å². The molecule has 1 aliphatic carbocycles. The third kappa shape index (κ3) is 4.09. The highest BCUT2D eigenvalue weighted by Gasteiger charge is 2.43. The lowest BCUT2D eigenvalue weighted by Crippen LogP contribution is -2.37. The Labute approximate surface area is 184 Å². The Bertz CT molecular complexity index is 1020. The van der Waals surface area contributed by atoms with Crippen LogP contribution in [0.5, 0.6) is 0 Å². The van der Waals surface area contributed by atoms with Gasteiger partial charge in [-0.3, -0.25) is 4.79 Å². The second-order valence-corrected chi connectivity index (χ2v) is 10.4. The first kappa shape index (κ1) is 20.9. The number of carbonyl (C=O) groups excluding carboxylic acids is 1. The molecule has 31 heavy (non-hydrogen) atoms. The number of amides is 1. The summed E-state index contributed by atoms with van der Waals surface area (Å²) in [5.41, 5.74) is 5.13. The van der Waals surface area contributed by atoms with Crippen LogP contribution in [0.3, 0.4) is 0 Å². The van der Waals surface area contributed by atoms with Crippen LogP contribution in [0.4, 0.5) is 0 Å². The van der Waals surface area contributed by atoms with Gasteiger partial charge in [0.05, 0.1) is 25.3 Å². The van der Waals surface area contributed by atoms with E-state index >= 15 is 0 Å². The Balaban J connectivity index is 1.38. The molecule has 1 spiro atoms. The number of aromatic nitrogens is 1. The second kappa shape index (κ2) is 7.54. The van der Waals surface area contributed by atoms with Crippen molar-refractivity contribution in [1.29, 1.82) is 0 Å². The van der Waals surface area contributed by atoms with E-state index in [9.17, 15) is 4.79 Å². The maximum atomic E-state index is 13.0. The van der Waals surface area contributed by atoms with Crippen molar-refractivity contribution < 1.29 is 14.3 Å². The Kier molecular flexibility index (Phi) is 5.07. The van der Waals surface area contributed by atoms with E-state index in [1.54, 1.807) is 0 Å². The van der Waals surface area contributed by atoms with E-state index in [4.69, 9.17) is 14.5 Å². The lowest BCUT2D eigenvalue weighted by atomic mass is 9.83. The molecule has 1 unspecified atom stereocenters. The zero-order valence-electron chi connectivity index (χ0n) is 19.0. The van der Waals surface area contributed by atoms with Gasteiger partial charge in [-0.25, -0.2) is 4.98 Å². The van der Waals surface area contributed by atoms with Gasteiger partial charge in [0.1, 0.15) is 5.69 Å². The number of ether oxygens (including phenoxy) is 2. The molecule has 0 radical (unpaired) electrons. The fourth-order valence-electron chi connectivity index (χ4n) is 4.84. The fraction of sp³-hybridized carbons (Fsp3) is 0.600. The third-order valence-corrected chi connectivity index (χ3v) is 6.77. The van der Waals surface area contributed by atoms with Crippen LogP contribution >= 0.6 is 0 Å². The molecule has 6 nitrogen and oxygen atoms in total. The molecule has 1 aromatic heterocycles. The molecule has 3 heterocycles. The number of fused-ring (bicyclic) bond motifs is 1. The van der Waals surface area contributed by atoms with Crippen LogP contribution < -0.4 is 10.6 Å². The number of hydrogen-bond acceptors (Lipinski definition) is 5. The minimum absolute atomic E-state index is 0.0406. The molecular formula is C25H33N3O3. The summed E-state index contributed by atoms with van der Waals surface area (Å²) >= 11 is 0. The summed E-state index contributed by atoms with van der Waals surface area (Å²) in [7, 11) is 0. The van der Waals surface area contributed by atoms with Gasteiger partial charge in [-0.2, -0.15) is 0 Å². The van der Waals surface area contributed by atoms with Crippen molar-refractivity contribution in [3.05, 3.63) is 40.6 Å². The molecule has 5 rings (SSSR count). The predicted octanol–water partition coefficient (Wildman–Crippen LogP) is 3.55. The smallest absolute Gasteiger partial charge is 0.269 e. The van der Waals surface area contributed by atoms with Crippen molar-refractivity contribution >= 4 is 16.8 Å². The number of nitrogens with zero attached hydrogens (tertiary/aromatic N) is 1. The molecule has 6 heteroatoms. The van der Waals surface area contributed by atoms with Gasteiger partial charge in [0, 0.05) is 24.4 Å². The summed E-state index contributed by atoms with van der Waals surface area (Å²) in [6.07, 6.45) is 3.29. The minimum Gasteiger partial charge on any atom is -0.349 e. The summed E-state index contributed by atoms with van der Waals surface area (Å²) in [4.78, 5) is 17.8. The summed E-state index contributed by atoms with van der Waals surface area (Å²) < 4.78 is 11.5. The van der Waals surface area contributed by atoms with Crippen LogP contribution in [-0.4, -0.2) is 49.0 Å². The zero-order chi connectivity index (χ0) is 21.8. The van der Waals surface area contributed by atoms with Crippen molar-refractivity contribution in [3.8, 4) is 0 Å². The van der Waals surface area contributed by atoms with E-state index in [0.717, 1.165) is 17.5 Å². The molecule has 1 saturated carbocycles. The van der Waals surface area contributed by atoms with Crippen LogP contribution in [0.1, 0.15) is 73.1 Å². The largest absolute Gasteiger partial charge is 0.349 e. The highest BCUT2D eigenvalue weighted by Crippen LogP contribution is 2.43. The monoisotopic (exact) mass is 423 g/mol. The first-order chi connectivity index (χ1) is 14.7. The van der Waals surface area contributed by atoms with E-state index in [1.165, 1.54) is 29.4 Å². The minimum atomic E-state index is -0.506. The number of hydrogen-bond donors (Lipinski definition) is 2. The number of pyridine rings is 1. The molecular weight excluding hydrogens is 390 g/mol. The van der Waals surface area contributed by atoms with E-state index in [1.807, 2.05) is 6.07 Å². The molecule has 2 aromatic rings. The molecule has 2 aliphatic heterocycles. The average molecular weight is 424 g/mol. The molecule has 1 atom stereocenters. The van der Waals surface area contributed by atoms with Gasteiger partial charge >= 0.3 is 0 Å². The molecule has 3 fully saturated rings. The number of aryl methyl sites for hydroxylation is 1. The standard InChI is InChI=1S/C25H33N3O3/c1-15-9-21(23(29)26-13-18-12-25(14-27-18)30-7-8-31-25)28-22-19(15)10-17(16-5-6-16)11-20(22)24(2,3)4/h9-11,16,18,27H,5-8,12-14H2,1-4H3,(H,26,29). The maximum absolute atomic E-state index is 13.0. The number of nitrogens with one attached hydrogen (secondary N) is 2. The van der Waals surface area contributed by atoms with Crippen molar-refractivity contribution in [2.45, 2.75) is 70.1 Å². The van der Waals surface area contributed by atoms with E-state index in [-0.39, 0.29) is 17.4 Å². The van der Waals surface area contributed by atoms with Crippen LogP contribution in [0.15, 0.2) is 18.2 Å². The van der Waals surface area contributed by atoms with E-state index in [0.29, 0.717) is 37.9 Å². The highest BCUT2D eigenvalue weighted by atomic mass is 16.7. The lowest BCUT2D eigenvalue weighted by Gasteiger charge is -2.23. The van der Waals surface area contributed by atoms with Gasteiger partial charge in [-0.1, -0.05) is 26.8 Å². The van der Waals surface area contributed by atoms with E-state index < -0.39 is 5.79 Å². The van der Waals surface area contributed by atoms with Gasteiger partial charge in [-0.15, -0.1) is 0 Å². The number of carbonyl (C=O) groups is 1. The van der Waals surface area contributed by atoms with Crippen molar-refractivity contribution in [2.24, 2.45) is 0 Å². The topological polar surface area (TPSA) is 72.5 Å². The maximum Gasteiger partial charge on any atom is 0.269 e. The Morgan fingerprint density at radius 1 is 1.23 bits per heavy atom. The summed E-state index contributed by atoms with van der Waals surface area (Å²) in [6.45, 7) is 11.2. The van der Waals surface area contributed by atoms with Crippen LogP contribution in [0.25, 0.3) is 10.9 Å². The third-order valence-electron chi connectivity index (χ3n) is 6.77.